The third kappa shape index (κ3) is 6.84. The second-order valence-electron chi connectivity index (χ2n) is 7.09. The minimum Gasteiger partial charge on any atom is -0.480 e. The molecule has 0 unspecified atom stereocenters. The molecule has 1 aromatic heterocycles. The van der Waals surface area contributed by atoms with E-state index in [1.165, 1.54) is 0 Å². The Labute approximate surface area is 214 Å². The Morgan fingerprint density at radius 1 is 1.22 bits per heavy atom. The molecule has 0 saturated heterocycles. The maximum absolute atomic E-state index is 13.1. The molecule has 1 amide bonds. The first-order valence-corrected chi connectivity index (χ1v) is 11.3. The van der Waals surface area contributed by atoms with E-state index in [1.807, 2.05) is 72.6 Å². The van der Waals surface area contributed by atoms with E-state index in [-0.39, 0.29) is 29.6 Å². The number of nitrogens with zero attached hydrogens (tertiary/aromatic N) is 2. The Morgan fingerprint density at radius 2 is 2.00 bits per heavy atom. The second kappa shape index (κ2) is 12.6. The smallest absolute Gasteiger partial charge is 0.326 e. The Bertz CT molecular complexity index is 1080. The van der Waals surface area contributed by atoms with Gasteiger partial charge in [-0.3, -0.25) is 4.79 Å². The van der Waals surface area contributed by atoms with Crippen molar-refractivity contribution in [3.63, 3.8) is 0 Å². The van der Waals surface area contributed by atoms with Gasteiger partial charge in [0.2, 0.25) is 0 Å². The van der Waals surface area contributed by atoms with Crippen LogP contribution < -0.4 is 5.32 Å². The van der Waals surface area contributed by atoms with E-state index in [1.54, 1.807) is 30.4 Å². The van der Waals surface area contributed by atoms with Gasteiger partial charge in [-0.1, -0.05) is 30.3 Å². The van der Waals surface area contributed by atoms with Crippen LogP contribution in [0.5, 0.6) is 0 Å². The number of hydrogen-bond acceptors (Lipinski definition) is 4. The monoisotopic (exact) mass is 458 g/mol. The van der Waals surface area contributed by atoms with Crippen LogP contribution in [0.3, 0.4) is 0 Å². The van der Waals surface area contributed by atoms with Crippen molar-refractivity contribution in [1.82, 2.24) is 14.9 Å². The number of imidazole rings is 1. The molecule has 3 rings (SSSR count). The molecular weight excluding hydrogens is 433 g/mol. The van der Waals surface area contributed by atoms with Crippen LogP contribution in [0.1, 0.15) is 27.9 Å². The quantitative estimate of drug-likeness (QED) is 0.473. The van der Waals surface area contributed by atoms with Crippen LogP contribution in [0.15, 0.2) is 61.2 Å². The van der Waals surface area contributed by atoms with Crippen molar-refractivity contribution in [2.45, 2.75) is 19.4 Å². The van der Waals surface area contributed by atoms with Gasteiger partial charge in [-0.15, -0.1) is 0 Å². The summed E-state index contributed by atoms with van der Waals surface area (Å²) in [5.41, 5.74) is 4.09. The van der Waals surface area contributed by atoms with Gasteiger partial charge in [0.1, 0.15) is 6.04 Å². The maximum atomic E-state index is 13.1. The number of carboxylic acid groups (broad SMARTS) is 1. The zero-order valence-electron chi connectivity index (χ0n) is 18.5. The molecule has 0 saturated carbocycles. The summed E-state index contributed by atoms with van der Waals surface area (Å²) in [6.07, 6.45) is 11.3. The van der Waals surface area contributed by atoms with E-state index >= 15 is 0 Å². The molecule has 3 aromatic rings. The molecule has 2 aromatic carbocycles. The number of benzene rings is 2. The Kier molecular flexibility index (Phi) is 10.3. The Morgan fingerprint density at radius 3 is 2.66 bits per heavy atom. The van der Waals surface area contributed by atoms with Crippen LogP contribution in [-0.4, -0.2) is 74.1 Å². The summed E-state index contributed by atoms with van der Waals surface area (Å²) in [6, 6.07) is 12.4. The summed E-state index contributed by atoms with van der Waals surface area (Å²) in [6.45, 7) is 1.99. The molecule has 8 heteroatoms. The topological polar surface area (TPSA) is 84.2 Å². The summed E-state index contributed by atoms with van der Waals surface area (Å²) in [5, 5.41) is 12.2. The number of carboxylic acids is 1. The fourth-order valence-corrected chi connectivity index (χ4v) is 3.69. The van der Waals surface area contributed by atoms with Gasteiger partial charge in [0, 0.05) is 53.7 Å². The van der Waals surface area contributed by atoms with Crippen molar-refractivity contribution in [3.05, 3.63) is 77.9 Å². The van der Waals surface area contributed by atoms with Crippen LogP contribution in [0.4, 0.5) is 0 Å². The van der Waals surface area contributed by atoms with Crippen LogP contribution in [0.2, 0.25) is 0 Å². The minimum absolute atomic E-state index is 0. The molecule has 6 nitrogen and oxygen atoms in total. The van der Waals surface area contributed by atoms with Gasteiger partial charge < -0.3 is 15.0 Å². The summed E-state index contributed by atoms with van der Waals surface area (Å²) in [5.74, 6) is -0.767. The van der Waals surface area contributed by atoms with E-state index in [2.05, 4.69) is 10.3 Å². The number of thioether (sulfide) groups is 1. The largest absolute Gasteiger partial charge is 0.480 e. The zero-order chi connectivity index (χ0) is 22.2. The number of aliphatic carboxylic acids is 1. The molecule has 2 N–H and O–H groups in total. The number of amides is 1. The van der Waals surface area contributed by atoms with Gasteiger partial charge in [0.05, 0.1) is 6.33 Å². The SMILES string of the molecule is CSCC[C@H](NC(=O)c1ccc(/C=C/n2ccnc2)cc1-c1ccccc1C)C(=O)O.[Na]. The molecule has 1 atom stereocenters. The third-order valence-electron chi connectivity index (χ3n) is 4.90. The molecule has 161 valence electrons. The molecule has 0 aliphatic heterocycles. The van der Waals surface area contributed by atoms with Gasteiger partial charge >= 0.3 is 5.97 Å². The van der Waals surface area contributed by atoms with E-state index < -0.39 is 17.9 Å². The average Bonchev–Trinajstić information content (AvgIpc) is 3.29. The zero-order valence-corrected chi connectivity index (χ0v) is 21.3. The van der Waals surface area contributed by atoms with Crippen LogP contribution in [0.25, 0.3) is 23.4 Å². The van der Waals surface area contributed by atoms with Crippen molar-refractivity contribution < 1.29 is 14.7 Å². The fraction of sp³-hybridized carbons (Fsp3) is 0.208. The van der Waals surface area contributed by atoms with E-state index in [9.17, 15) is 14.7 Å². The normalized spacial score (nSPS) is 11.7. The first kappa shape index (κ1) is 25.9. The number of aryl methyl sites for hydroxylation is 1. The molecule has 0 aliphatic carbocycles. The van der Waals surface area contributed by atoms with Crippen molar-refractivity contribution >= 4 is 65.5 Å². The van der Waals surface area contributed by atoms with Crippen molar-refractivity contribution in [3.8, 4) is 11.1 Å². The molecular formula is C24H25N3NaO3S. The molecule has 1 radical (unpaired) electrons. The molecule has 0 bridgehead atoms. The number of carbonyl (C=O) groups excluding carboxylic acids is 1. The fourth-order valence-electron chi connectivity index (χ4n) is 3.22. The van der Waals surface area contributed by atoms with Gasteiger partial charge in [-0.2, -0.15) is 11.8 Å². The van der Waals surface area contributed by atoms with Crippen molar-refractivity contribution in [1.29, 1.82) is 0 Å². The van der Waals surface area contributed by atoms with E-state index in [0.717, 1.165) is 22.3 Å². The van der Waals surface area contributed by atoms with Crippen LogP contribution >= 0.6 is 11.8 Å². The number of carbonyl (C=O) groups is 2. The van der Waals surface area contributed by atoms with Crippen LogP contribution in [0, 0.1) is 6.92 Å². The minimum atomic E-state index is -1.03. The first-order valence-electron chi connectivity index (χ1n) is 9.88. The number of rotatable bonds is 9. The standard InChI is InChI=1S/C24H25N3O3S.Na/c1-17-5-3-4-6-19(17)21-15-18(9-12-27-13-11-25-16-27)7-8-20(21)23(28)26-22(24(29)30)10-14-31-2;/h3-9,11-13,15-16,22H,10,14H2,1-2H3,(H,26,28)(H,29,30);/b12-9+;/t22-;/m0./s1. The number of aromatic nitrogens is 2. The van der Waals surface area contributed by atoms with Crippen LogP contribution in [-0.2, 0) is 4.79 Å². The average molecular weight is 459 g/mol. The Balaban J connectivity index is 0.00000363. The molecule has 0 spiro atoms. The predicted molar refractivity (Wildman–Crippen MR) is 132 cm³/mol. The molecule has 0 aliphatic rings. The van der Waals surface area contributed by atoms with Crippen molar-refractivity contribution in [2.24, 2.45) is 0 Å². The molecule has 32 heavy (non-hydrogen) atoms. The Hall–Kier alpha value is -2.32. The summed E-state index contributed by atoms with van der Waals surface area (Å²) >= 11 is 1.55. The number of nitrogens with one attached hydrogen (secondary N) is 1. The van der Waals surface area contributed by atoms with E-state index in [4.69, 9.17) is 0 Å². The third-order valence-corrected chi connectivity index (χ3v) is 5.55. The number of hydrogen-bond donors (Lipinski definition) is 2. The molecule has 0 fully saturated rings. The summed E-state index contributed by atoms with van der Waals surface area (Å²) in [4.78, 5) is 28.7. The first-order chi connectivity index (χ1) is 15.0. The second-order valence-corrected chi connectivity index (χ2v) is 8.08. The van der Waals surface area contributed by atoms with E-state index in [0.29, 0.717) is 17.7 Å². The predicted octanol–water partition coefficient (Wildman–Crippen LogP) is 4.04. The van der Waals surface area contributed by atoms with Crippen molar-refractivity contribution in [2.75, 3.05) is 12.0 Å². The van der Waals surface area contributed by atoms with Gasteiger partial charge in [-0.25, -0.2) is 9.78 Å². The van der Waals surface area contributed by atoms with Gasteiger partial charge in [-0.05, 0) is 65.8 Å². The maximum Gasteiger partial charge on any atom is 0.326 e. The summed E-state index contributed by atoms with van der Waals surface area (Å²) in [7, 11) is 0. The van der Waals surface area contributed by atoms with Gasteiger partial charge in [0.25, 0.3) is 5.91 Å². The molecule has 1 heterocycles. The van der Waals surface area contributed by atoms with Gasteiger partial charge in [0.15, 0.2) is 0 Å². The summed E-state index contributed by atoms with van der Waals surface area (Å²) < 4.78 is 1.83.